The first-order valence-corrected chi connectivity index (χ1v) is 13.3. The van der Waals surface area contributed by atoms with Gasteiger partial charge in [0.25, 0.3) is 0 Å². The minimum absolute atomic E-state index is 0.0209. The number of aromatic nitrogens is 1. The Bertz CT molecular complexity index is 1430. The predicted molar refractivity (Wildman–Crippen MR) is 146 cm³/mol. The van der Waals surface area contributed by atoms with Gasteiger partial charge >= 0.3 is 5.97 Å². The molecule has 1 aliphatic rings. The van der Waals surface area contributed by atoms with Crippen LogP contribution < -0.4 is 4.90 Å². The summed E-state index contributed by atoms with van der Waals surface area (Å²) in [4.78, 5) is 32.2. The maximum absolute atomic E-state index is 13.7. The third kappa shape index (κ3) is 5.10. The van der Waals surface area contributed by atoms with E-state index in [1.165, 1.54) is 0 Å². The third-order valence-corrected chi connectivity index (χ3v) is 7.66. The summed E-state index contributed by atoms with van der Waals surface area (Å²) in [6.45, 7) is 6.12. The van der Waals surface area contributed by atoms with Crippen molar-refractivity contribution in [1.82, 2.24) is 4.98 Å². The lowest BCUT2D eigenvalue weighted by Gasteiger charge is -2.34. The summed E-state index contributed by atoms with van der Waals surface area (Å²) in [5, 5.41) is 11.8. The number of fused-ring (bicyclic) bond motifs is 3. The van der Waals surface area contributed by atoms with Crippen molar-refractivity contribution in [3.63, 3.8) is 0 Å². The fourth-order valence-corrected chi connectivity index (χ4v) is 5.56. The SMILES string of the molecule is CC1CCC(C(=O)N(c2cc3c(cc2C(=O)O)oc2ccc(CCc4ccccn4)cc23)C(C)C)CC1. The van der Waals surface area contributed by atoms with Crippen LogP contribution in [0.2, 0.25) is 0 Å². The Kier molecular flexibility index (Phi) is 7.00. The van der Waals surface area contributed by atoms with E-state index in [0.717, 1.165) is 60.6 Å². The van der Waals surface area contributed by atoms with E-state index in [2.05, 4.69) is 18.0 Å². The molecular weight excluding hydrogens is 464 g/mol. The van der Waals surface area contributed by atoms with Crippen LogP contribution in [0, 0.1) is 11.8 Å². The van der Waals surface area contributed by atoms with Gasteiger partial charge in [-0.1, -0.05) is 19.1 Å². The van der Waals surface area contributed by atoms with Crippen LogP contribution in [0.3, 0.4) is 0 Å². The molecule has 37 heavy (non-hydrogen) atoms. The maximum atomic E-state index is 13.7. The summed E-state index contributed by atoms with van der Waals surface area (Å²) in [7, 11) is 0. The number of carboxylic acid groups (broad SMARTS) is 1. The Morgan fingerprint density at radius 1 is 1.00 bits per heavy atom. The molecule has 2 aromatic heterocycles. The highest BCUT2D eigenvalue weighted by Crippen LogP contribution is 2.38. The minimum atomic E-state index is -1.07. The van der Waals surface area contributed by atoms with Crippen molar-refractivity contribution >= 4 is 39.5 Å². The smallest absolute Gasteiger partial charge is 0.337 e. The number of furan rings is 1. The molecule has 0 saturated heterocycles. The van der Waals surface area contributed by atoms with Gasteiger partial charge in [-0.3, -0.25) is 9.78 Å². The molecule has 0 spiro atoms. The molecule has 6 heteroatoms. The highest BCUT2D eigenvalue weighted by Gasteiger charge is 2.33. The predicted octanol–water partition coefficient (Wildman–Crippen LogP) is 7.03. The average Bonchev–Trinajstić information content (AvgIpc) is 3.24. The highest BCUT2D eigenvalue weighted by atomic mass is 16.4. The molecule has 0 aliphatic heterocycles. The Morgan fingerprint density at radius 3 is 2.43 bits per heavy atom. The van der Waals surface area contributed by atoms with Crippen molar-refractivity contribution in [3.8, 4) is 0 Å². The van der Waals surface area contributed by atoms with Crippen LogP contribution in [0.5, 0.6) is 0 Å². The van der Waals surface area contributed by atoms with Gasteiger partial charge in [0.05, 0.1) is 11.3 Å². The number of hydrogen-bond acceptors (Lipinski definition) is 4. The van der Waals surface area contributed by atoms with Gasteiger partial charge < -0.3 is 14.4 Å². The number of carbonyl (C=O) groups is 2. The standard InChI is InChI=1S/C31H34N2O4/c1-19(2)33(30(34)22-11-7-20(3)8-12-22)27-17-25-24-16-21(9-13-23-6-4-5-15-32-23)10-14-28(24)37-29(25)18-26(27)31(35)36/h4-6,10,14-20,22H,7-9,11-13H2,1-3H3,(H,35,36). The number of anilines is 1. The number of pyridine rings is 1. The van der Waals surface area contributed by atoms with Gasteiger partial charge in [0, 0.05) is 34.6 Å². The summed E-state index contributed by atoms with van der Waals surface area (Å²) in [6.07, 6.45) is 7.22. The third-order valence-electron chi connectivity index (χ3n) is 7.66. The van der Waals surface area contributed by atoms with Gasteiger partial charge in [0.15, 0.2) is 0 Å². The second kappa shape index (κ2) is 10.4. The first kappa shape index (κ1) is 25.0. The van der Waals surface area contributed by atoms with E-state index in [1.807, 2.05) is 50.2 Å². The van der Waals surface area contributed by atoms with Crippen molar-refractivity contribution < 1.29 is 19.1 Å². The fraction of sp³-hybridized carbons (Fsp3) is 0.387. The zero-order chi connectivity index (χ0) is 26.1. The molecule has 0 atom stereocenters. The van der Waals surface area contributed by atoms with E-state index < -0.39 is 5.97 Å². The van der Waals surface area contributed by atoms with Crippen LogP contribution in [-0.2, 0) is 17.6 Å². The van der Waals surface area contributed by atoms with E-state index in [9.17, 15) is 14.7 Å². The fourth-order valence-electron chi connectivity index (χ4n) is 5.56. The summed E-state index contributed by atoms with van der Waals surface area (Å²) in [5.41, 5.74) is 3.94. The number of carboxylic acids is 1. The topological polar surface area (TPSA) is 83.6 Å². The molecule has 0 unspecified atom stereocenters. The van der Waals surface area contributed by atoms with Gasteiger partial charge in [0.2, 0.25) is 5.91 Å². The number of hydrogen-bond donors (Lipinski definition) is 1. The molecule has 2 heterocycles. The lowest BCUT2D eigenvalue weighted by molar-refractivity contribution is -0.123. The van der Waals surface area contributed by atoms with Gasteiger partial charge in [-0.15, -0.1) is 0 Å². The molecule has 2 aromatic carbocycles. The number of amides is 1. The summed E-state index contributed by atoms with van der Waals surface area (Å²) in [5.74, 6) is -0.487. The molecule has 0 bridgehead atoms. The van der Waals surface area contributed by atoms with Crippen molar-refractivity contribution in [2.24, 2.45) is 11.8 Å². The molecule has 0 radical (unpaired) electrons. The zero-order valence-electron chi connectivity index (χ0n) is 21.7. The van der Waals surface area contributed by atoms with Crippen LogP contribution in [0.15, 0.2) is 59.1 Å². The van der Waals surface area contributed by atoms with Gasteiger partial charge in [-0.2, -0.15) is 0 Å². The molecule has 1 saturated carbocycles. The number of aromatic carboxylic acids is 1. The number of benzene rings is 2. The van der Waals surface area contributed by atoms with Gasteiger partial charge in [-0.05, 0) is 100 Å². The number of nitrogens with zero attached hydrogens (tertiary/aromatic N) is 2. The quantitative estimate of drug-likeness (QED) is 0.296. The van der Waals surface area contributed by atoms with Crippen molar-refractivity contribution in [2.45, 2.75) is 65.3 Å². The Labute approximate surface area is 217 Å². The second-order valence-corrected chi connectivity index (χ2v) is 10.7. The van der Waals surface area contributed by atoms with E-state index >= 15 is 0 Å². The van der Waals surface area contributed by atoms with Crippen LogP contribution in [-0.4, -0.2) is 28.0 Å². The monoisotopic (exact) mass is 498 g/mol. The molecule has 1 aliphatic carbocycles. The zero-order valence-corrected chi connectivity index (χ0v) is 21.7. The Morgan fingerprint density at radius 2 is 1.76 bits per heavy atom. The molecule has 192 valence electrons. The largest absolute Gasteiger partial charge is 0.478 e. The Balaban J connectivity index is 1.55. The number of carbonyl (C=O) groups excluding carboxylic acids is 1. The Hall–Kier alpha value is -3.67. The van der Waals surface area contributed by atoms with E-state index in [1.54, 1.807) is 17.2 Å². The maximum Gasteiger partial charge on any atom is 0.337 e. The lowest BCUT2D eigenvalue weighted by atomic mass is 9.82. The molecular formula is C31H34N2O4. The minimum Gasteiger partial charge on any atom is -0.478 e. The molecule has 1 amide bonds. The van der Waals surface area contributed by atoms with Crippen LogP contribution in [0.4, 0.5) is 5.69 Å². The van der Waals surface area contributed by atoms with Crippen molar-refractivity contribution in [3.05, 3.63) is 71.5 Å². The van der Waals surface area contributed by atoms with Crippen molar-refractivity contribution in [2.75, 3.05) is 4.90 Å². The molecule has 6 nitrogen and oxygen atoms in total. The average molecular weight is 499 g/mol. The second-order valence-electron chi connectivity index (χ2n) is 10.7. The molecule has 5 rings (SSSR count). The summed E-state index contributed by atoms with van der Waals surface area (Å²) < 4.78 is 6.07. The van der Waals surface area contributed by atoms with Gasteiger partial charge in [0.1, 0.15) is 11.2 Å². The summed E-state index contributed by atoms with van der Waals surface area (Å²) in [6, 6.07) is 15.3. The number of rotatable bonds is 7. The highest BCUT2D eigenvalue weighted by molar-refractivity contribution is 6.12. The van der Waals surface area contributed by atoms with E-state index in [-0.39, 0.29) is 23.4 Å². The first-order chi connectivity index (χ1) is 17.8. The first-order valence-electron chi connectivity index (χ1n) is 13.3. The molecule has 1 fully saturated rings. The lowest BCUT2D eigenvalue weighted by Crippen LogP contribution is -2.42. The van der Waals surface area contributed by atoms with Gasteiger partial charge in [-0.25, -0.2) is 4.79 Å². The van der Waals surface area contributed by atoms with E-state index in [0.29, 0.717) is 22.8 Å². The normalized spacial score (nSPS) is 17.9. The van der Waals surface area contributed by atoms with Crippen LogP contribution in [0.1, 0.15) is 68.1 Å². The van der Waals surface area contributed by atoms with Crippen LogP contribution in [0.25, 0.3) is 21.9 Å². The molecule has 1 N–H and O–H groups in total. The van der Waals surface area contributed by atoms with Crippen molar-refractivity contribution in [1.29, 1.82) is 0 Å². The van der Waals surface area contributed by atoms with E-state index in [4.69, 9.17) is 4.42 Å². The molecule has 4 aromatic rings. The van der Waals surface area contributed by atoms with Crippen LogP contribution >= 0.6 is 0 Å². The summed E-state index contributed by atoms with van der Waals surface area (Å²) >= 11 is 0. The number of aryl methyl sites for hydroxylation is 2.